The van der Waals surface area contributed by atoms with E-state index in [-0.39, 0.29) is 13.1 Å². The lowest BCUT2D eigenvalue weighted by Gasteiger charge is -2.31. The summed E-state index contributed by atoms with van der Waals surface area (Å²) in [5.41, 5.74) is 2.52. The third-order valence-corrected chi connectivity index (χ3v) is 4.94. The van der Waals surface area contributed by atoms with Crippen LogP contribution in [0.2, 0.25) is 0 Å². The lowest BCUT2D eigenvalue weighted by atomic mass is 9.96. The van der Waals surface area contributed by atoms with Crippen LogP contribution >= 0.6 is 0 Å². The Hall–Kier alpha value is -3.86. The average molecular weight is 465 g/mol. The molecule has 0 heterocycles. The Kier molecular flexibility index (Phi) is 9.19. The topological polar surface area (TPSA) is 112 Å². The standard InChI is InChI=1S/C26H32N4O4/c1-18-11-12-19(2)21(15-18)23(24(32)28-16-20-9-7-6-8-10-20)30(14-13-27)22(31)17-29-25(33)34-26(3,4)5/h6-12,15,23H,14,16-17H2,1-5H3,(H,28,32)(H,29,33). The molecule has 34 heavy (non-hydrogen) atoms. The molecule has 0 aromatic heterocycles. The normalized spacial score (nSPS) is 11.6. The van der Waals surface area contributed by atoms with Gasteiger partial charge in [-0.15, -0.1) is 0 Å². The Labute approximate surface area is 200 Å². The number of aryl methyl sites for hydroxylation is 2. The summed E-state index contributed by atoms with van der Waals surface area (Å²) in [6, 6.07) is 15.9. The number of nitrogens with one attached hydrogen (secondary N) is 2. The molecule has 0 spiro atoms. The van der Waals surface area contributed by atoms with Crippen LogP contribution in [-0.4, -0.2) is 41.5 Å². The zero-order chi connectivity index (χ0) is 25.3. The van der Waals surface area contributed by atoms with E-state index in [0.717, 1.165) is 16.7 Å². The average Bonchev–Trinajstić information content (AvgIpc) is 2.77. The smallest absolute Gasteiger partial charge is 0.408 e. The number of ether oxygens (including phenoxy) is 1. The lowest BCUT2D eigenvalue weighted by molar-refractivity contribution is -0.139. The molecule has 2 aromatic rings. The first-order chi connectivity index (χ1) is 16.0. The Morgan fingerprint density at radius 3 is 2.35 bits per heavy atom. The minimum Gasteiger partial charge on any atom is -0.444 e. The van der Waals surface area contributed by atoms with E-state index < -0.39 is 36.1 Å². The third kappa shape index (κ3) is 7.93. The van der Waals surface area contributed by atoms with Gasteiger partial charge in [0.25, 0.3) is 0 Å². The molecule has 0 aliphatic heterocycles. The first-order valence-corrected chi connectivity index (χ1v) is 11.0. The van der Waals surface area contributed by atoms with Gasteiger partial charge in [0.2, 0.25) is 11.8 Å². The van der Waals surface area contributed by atoms with Gasteiger partial charge >= 0.3 is 6.09 Å². The quantitative estimate of drug-likeness (QED) is 0.581. The number of hydrogen-bond acceptors (Lipinski definition) is 5. The van der Waals surface area contributed by atoms with Crippen molar-refractivity contribution in [2.24, 2.45) is 0 Å². The van der Waals surface area contributed by atoms with Crippen molar-refractivity contribution in [3.63, 3.8) is 0 Å². The number of hydrogen-bond donors (Lipinski definition) is 2. The molecular weight excluding hydrogens is 432 g/mol. The number of amides is 3. The largest absolute Gasteiger partial charge is 0.444 e. The fourth-order valence-electron chi connectivity index (χ4n) is 3.35. The van der Waals surface area contributed by atoms with E-state index in [1.54, 1.807) is 20.8 Å². The van der Waals surface area contributed by atoms with E-state index in [1.165, 1.54) is 4.90 Å². The van der Waals surface area contributed by atoms with Crippen LogP contribution < -0.4 is 10.6 Å². The molecule has 0 saturated heterocycles. The van der Waals surface area contributed by atoms with E-state index >= 15 is 0 Å². The van der Waals surface area contributed by atoms with Gasteiger partial charge in [-0.25, -0.2) is 4.79 Å². The third-order valence-electron chi connectivity index (χ3n) is 4.94. The second-order valence-corrected chi connectivity index (χ2v) is 9.00. The monoisotopic (exact) mass is 464 g/mol. The fourth-order valence-corrected chi connectivity index (χ4v) is 3.35. The summed E-state index contributed by atoms with van der Waals surface area (Å²) in [6.07, 6.45) is -0.755. The van der Waals surface area contributed by atoms with Crippen molar-refractivity contribution >= 4 is 17.9 Å². The van der Waals surface area contributed by atoms with E-state index in [9.17, 15) is 19.6 Å². The van der Waals surface area contributed by atoms with Gasteiger partial charge in [-0.3, -0.25) is 9.59 Å². The van der Waals surface area contributed by atoms with Crippen molar-refractivity contribution in [1.82, 2.24) is 15.5 Å². The van der Waals surface area contributed by atoms with Gasteiger partial charge < -0.3 is 20.3 Å². The van der Waals surface area contributed by atoms with Gasteiger partial charge in [0.15, 0.2) is 0 Å². The Morgan fingerprint density at radius 1 is 1.06 bits per heavy atom. The van der Waals surface area contributed by atoms with Crippen LogP contribution in [0.15, 0.2) is 48.5 Å². The fraction of sp³-hybridized carbons (Fsp3) is 0.385. The highest BCUT2D eigenvalue weighted by Gasteiger charge is 2.32. The molecule has 0 aliphatic rings. The first-order valence-electron chi connectivity index (χ1n) is 11.0. The second kappa shape index (κ2) is 11.8. The van der Waals surface area contributed by atoms with Crippen LogP contribution in [0.25, 0.3) is 0 Å². The van der Waals surface area contributed by atoms with Crippen molar-refractivity contribution in [1.29, 1.82) is 5.26 Å². The van der Waals surface area contributed by atoms with Crippen LogP contribution in [0.3, 0.4) is 0 Å². The zero-order valence-electron chi connectivity index (χ0n) is 20.3. The summed E-state index contributed by atoms with van der Waals surface area (Å²) in [6.45, 7) is 8.40. The lowest BCUT2D eigenvalue weighted by Crippen LogP contribution is -2.48. The van der Waals surface area contributed by atoms with Gasteiger partial charge in [0.1, 0.15) is 24.7 Å². The summed E-state index contributed by atoms with van der Waals surface area (Å²) in [5.74, 6) is -0.994. The van der Waals surface area contributed by atoms with Crippen molar-refractivity contribution in [2.45, 2.75) is 52.8 Å². The molecule has 0 bridgehead atoms. The predicted octanol–water partition coefficient (Wildman–Crippen LogP) is 3.54. The maximum Gasteiger partial charge on any atom is 0.408 e. The number of nitriles is 1. The summed E-state index contributed by atoms with van der Waals surface area (Å²) in [4.78, 5) is 39.7. The van der Waals surface area contributed by atoms with Crippen LogP contribution in [-0.2, 0) is 20.9 Å². The van der Waals surface area contributed by atoms with E-state index in [0.29, 0.717) is 5.56 Å². The summed E-state index contributed by atoms with van der Waals surface area (Å²) in [5, 5.41) is 14.7. The minimum atomic E-state index is -1.05. The van der Waals surface area contributed by atoms with Crippen LogP contribution in [0, 0.1) is 25.2 Å². The molecule has 1 unspecified atom stereocenters. The number of nitrogens with zero attached hydrogens (tertiary/aromatic N) is 2. The molecule has 3 amide bonds. The van der Waals surface area contributed by atoms with Crippen molar-refractivity contribution in [3.05, 3.63) is 70.8 Å². The first kappa shape index (κ1) is 26.4. The summed E-state index contributed by atoms with van der Waals surface area (Å²) >= 11 is 0. The molecule has 1 atom stereocenters. The molecular formula is C26H32N4O4. The molecule has 0 radical (unpaired) electrons. The predicted molar refractivity (Wildman–Crippen MR) is 129 cm³/mol. The van der Waals surface area contributed by atoms with Crippen molar-refractivity contribution < 1.29 is 19.1 Å². The molecule has 8 heteroatoms. The van der Waals surface area contributed by atoms with Crippen LogP contribution in [0.5, 0.6) is 0 Å². The number of alkyl carbamates (subject to hydrolysis) is 1. The molecule has 0 saturated carbocycles. The molecule has 2 N–H and O–H groups in total. The summed E-state index contributed by atoms with van der Waals surface area (Å²) < 4.78 is 5.18. The summed E-state index contributed by atoms with van der Waals surface area (Å²) in [7, 11) is 0. The zero-order valence-corrected chi connectivity index (χ0v) is 20.3. The van der Waals surface area contributed by atoms with Crippen LogP contribution in [0.4, 0.5) is 4.79 Å². The van der Waals surface area contributed by atoms with Gasteiger partial charge in [0.05, 0.1) is 6.07 Å². The van der Waals surface area contributed by atoms with Gasteiger partial charge in [-0.1, -0.05) is 54.1 Å². The molecule has 2 aromatic carbocycles. The Morgan fingerprint density at radius 2 is 1.74 bits per heavy atom. The van der Waals surface area contributed by atoms with Crippen LogP contribution in [0.1, 0.15) is 49.1 Å². The molecule has 0 fully saturated rings. The van der Waals surface area contributed by atoms with Crippen molar-refractivity contribution in [3.8, 4) is 6.07 Å². The van der Waals surface area contributed by atoms with Gasteiger partial charge in [-0.2, -0.15) is 5.26 Å². The van der Waals surface area contributed by atoms with Gasteiger partial charge in [0, 0.05) is 6.54 Å². The minimum absolute atomic E-state index is 0.270. The van der Waals surface area contributed by atoms with Crippen molar-refractivity contribution in [2.75, 3.05) is 13.1 Å². The van der Waals surface area contributed by atoms with Gasteiger partial charge in [-0.05, 0) is 51.3 Å². The highest BCUT2D eigenvalue weighted by Crippen LogP contribution is 2.26. The highest BCUT2D eigenvalue weighted by molar-refractivity contribution is 5.90. The molecule has 180 valence electrons. The molecule has 2 rings (SSSR count). The maximum absolute atomic E-state index is 13.4. The molecule has 8 nitrogen and oxygen atoms in total. The van der Waals surface area contributed by atoms with E-state index in [4.69, 9.17) is 4.74 Å². The Bertz CT molecular complexity index is 1050. The van der Waals surface area contributed by atoms with E-state index in [2.05, 4.69) is 10.6 Å². The highest BCUT2D eigenvalue weighted by atomic mass is 16.6. The molecule has 0 aliphatic carbocycles. The number of rotatable bonds is 8. The SMILES string of the molecule is Cc1ccc(C)c(C(C(=O)NCc2ccccc2)N(CC#N)C(=O)CNC(=O)OC(C)(C)C)c1. The number of carbonyl (C=O) groups excluding carboxylic acids is 3. The second-order valence-electron chi connectivity index (χ2n) is 9.00. The Balaban J connectivity index is 2.32. The number of benzene rings is 2. The number of carbonyl (C=O) groups is 3. The van der Waals surface area contributed by atoms with E-state index in [1.807, 2.05) is 68.4 Å². The maximum atomic E-state index is 13.4.